The van der Waals surface area contributed by atoms with Crippen molar-refractivity contribution in [2.45, 2.75) is 96.6 Å². The van der Waals surface area contributed by atoms with E-state index in [1.165, 1.54) is 51.4 Å². The summed E-state index contributed by atoms with van der Waals surface area (Å²) in [6, 6.07) is 0. The Morgan fingerprint density at radius 1 is 0.692 bits per heavy atom. The van der Waals surface area contributed by atoms with Crippen molar-refractivity contribution in [1.29, 1.82) is 0 Å². The molecular formula is C19H33F3O4. The van der Waals surface area contributed by atoms with Crippen LogP contribution in [0.5, 0.6) is 0 Å². The average Bonchev–Trinajstić information content (AvgIpc) is 2.58. The molecule has 0 spiro atoms. The lowest BCUT2D eigenvalue weighted by atomic mass is 10.1. The second-order valence-electron chi connectivity index (χ2n) is 6.53. The normalized spacial score (nSPS) is 11.4. The molecule has 4 nitrogen and oxygen atoms in total. The predicted molar refractivity (Wildman–Crippen MR) is 93.7 cm³/mol. The molecule has 0 saturated heterocycles. The Hall–Kier alpha value is -1.27. The Balaban J connectivity index is 3.35. The van der Waals surface area contributed by atoms with Crippen LogP contribution in [-0.2, 0) is 19.1 Å². The maximum absolute atomic E-state index is 11.8. The number of unbranched alkanes of at least 4 members (excludes halogenated alkanes) is 10. The monoisotopic (exact) mass is 382 g/mol. The van der Waals surface area contributed by atoms with Crippen LogP contribution in [0.3, 0.4) is 0 Å². The van der Waals surface area contributed by atoms with Gasteiger partial charge in [-0.25, -0.2) is 0 Å². The number of ether oxygens (including phenoxy) is 2. The molecule has 154 valence electrons. The summed E-state index contributed by atoms with van der Waals surface area (Å²) in [5.74, 6) is -1.63. The van der Waals surface area contributed by atoms with Crippen LogP contribution in [0.1, 0.15) is 90.4 Å². The Bertz CT molecular complexity index is 370. The molecule has 0 bridgehead atoms. The molecule has 0 aliphatic rings. The number of carbonyl (C=O) groups excluding carboxylic acids is 2. The van der Waals surface area contributed by atoms with Crippen LogP contribution in [0.25, 0.3) is 0 Å². The summed E-state index contributed by atoms with van der Waals surface area (Å²) in [7, 11) is 0. The van der Waals surface area contributed by atoms with Crippen molar-refractivity contribution in [1.82, 2.24) is 0 Å². The fourth-order valence-corrected chi connectivity index (χ4v) is 2.46. The van der Waals surface area contributed by atoms with Gasteiger partial charge in [0.25, 0.3) is 0 Å². The summed E-state index contributed by atoms with van der Waals surface area (Å²) >= 11 is 0. The second-order valence-corrected chi connectivity index (χ2v) is 6.53. The van der Waals surface area contributed by atoms with Gasteiger partial charge in [0, 0.05) is 0 Å². The van der Waals surface area contributed by atoms with Crippen LogP contribution in [0, 0.1) is 0 Å². The van der Waals surface area contributed by atoms with E-state index in [4.69, 9.17) is 4.74 Å². The lowest BCUT2D eigenvalue weighted by molar-refractivity contribution is -0.186. The number of alkyl halides is 3. The van der Waals surface area contributed by atoms with Gasteiger partial charge in [-0.1, -0.05) is 71.1 Å². The van der Waals surface area contributed by atoms with Crippen LogP contribution >= 0.6 is 0 Å². The van der Waals surface area contributed by atoms with E-state index in [1.54, 1.807) is 0 Å². The van der Waals surface area contributed by atoms with Crippen molar-refractivity contribution in [2.75, 3.05) is 13.2 Å². The van der Waals surface area contributed by atoms with Crippen molar-refractivity contribution < 1.29 is 32.2 Å². The van der Waals surface area contributed by atoms with E-state index < -0.39 is 31.1 Å². The van der Waals surface area contributed by atoms with Crippen LogP contribution < -0.4 is 0 Å². The van der Waals surface area contributed by atoms with Crippen LogP contribution in [0.15, 0.2) is 0 Å². The topological polar surface area (TPSA) is 52.6 Å². The van der Waals surface area contributed by atoms with Crippen molar-refractivity contribution in [3.8, 4) is 0 Å². The maximum atomic E-state index is 11.8. The zero-order chi connectivity index (χ0) is 19.7. The highest BCUT2D eigenvalue weighted by molar-refractivity contribution is 5.77. The summed E-state index contributed by atoms with van der Waals surface area (Å²) in [5, 5.41) is 0. The number of carbonyl (C=O) groups is 2. The largest absolute Gasteiger partial charge is 0.466 e. The van der Waals surface area contributed by atoms with Gasteiger partial charge in [-0.15, -0.1) is 0 Å². The summed E-state index contributed by atoms with van der Waals surface area (Å²) in [6.45, 7) is 0.872. The summed E-state index contributed by atoms with van der Waals surface area (Å²) in [5.41, 5.74) is 0. The molecule has 0 aliphatic heterocycles. The van der Waals surface area contributed by atoms with E-state index in [0.717, 1.165) is 19.3 Å². The highest BCUT2D eigenvalue weighted by Crippen LogP contribution is 2.15. The molecule has 0 rings (SSSR count). The summed E-state index contributed by atoms with van der Waals surface area (Å²) < 4.78 is 44.5. The van der Waals surface area contributed by atoms with Gasteiger partial charge in [0.05, 0.1) is 19.4 Å². The molecule has 0 aliphatic carbocycles. The minimum absolute atomic E-state index is 0.255. The first-order valence-electron chi connectivity index (χ1n) is 9.73. The molecule has 26 heavy (non-hydrogen) atoms. The van der Waals surface area contributed by atoms with Crippen molar-refractivity contribution >= 4 is 11.9 Å². The molecule has 0 radical (unpaired) electrons. The third-order valence-corrected chi connectivity index (χ3v) is 3.94. The van der Waals surface area contributed by atoms with Gasteiger partial charge in [0.2, 0.25) is 0 Å². The number of halogens is 3. The minimum atomic E-state index is -4.55. The molecule has 0 heterocycles. The van der Waals surface area contributed by atoms with Gasteiger partial charge >= 0.3 is 18.1 Å². The zero-order valence-corrected chi connectivity index (χ0v) is 15.9. The first-order valence-corrected chi connectivity index (χ1v) is 9.73. The molecule has 0 saturated carbocycles. The molecule has 7 heteroatoms. The first-order chi connectivity index (χ1) is 12.3. The molecule has 0 aromatic rings. The van der Waals surface area contributed by atoms with Crippen LogP contribution in [0.2, 0.25) is 0 Å². The smallest absolute Gasteiger partial charge is 0.422 e. The van der Waals surface area contributed by atoms with Gasteiger partial charge in [-0.2, -0.15) is 13.2 Å². The quantitative estimate of drug-likeness (QED) is 0.253. The van der Waals surface area contributed by atoms with E-state index >= 15 is 0 Å². The maximum Gasteiger partial charge on any atom is 0.422 e. The Labute approximate surface area is 154 Å². The fourth-order valence-electron chi connectivity index (χ4n) is 2.46. The highest BCUT2D eigenvalue weighted by Gasteiger charge is 2.29. The highest BCUT2D eigenvalue weighted by atomic mass is 19.4. The lowest BCUT2D eigenvalue weighted by Gasteiger charge is -2.08. The Morgan fingerprint density at radius 3 is 1.58 bits per heavy atom. The summed E-state index contributed by atoms with van der Waals surface area (Å²) in [4.78, 5) is 22.4. The van der Waals surface area contributed by atoms with E-state index in [2.05, 4.69) is 11.7 Å². The molecule has 0 amide bonds. The van der Waals surface area contributed by atoms with Gasteiger partial charge < -0.3 is 9.47 Å². The van der Waals surface area contributed by atoms with Crippen LogP contribution in [0.4, 0.5) is 13.2 Å². The molecule has 0 aromatic heterocycles. The molecule has 0 N–H and O–H groups in total. The molecule has 0 atom stereocenters. The lowest BCUT2D eigenvalue weighted by Crippen LogP contribution is -2.20. The molecular weight excluding hydrogens is 349 g/mol. The average molecular weight is 382 g/mol. The number of esters is 2. The van der Waals surface area contributed by atoms with E-state index in [9.17, 15) is 22.8 Å². The third kappa shape index (κ3) is 19.1. The van der Waals surface area contributed by atoms with Crippen LogP contribution in [-0.4, -0.2) is 31.3 Å². The van der Waals surface area contributed by atoms with Gasteiger partial charge in [-0.3, -0.25) is 9.59 Å². The van der Waals surface area contributed by atoms with E-state index in [0.29, 0.717) is 0 Å². The molecule has 0 fully saturated rings. The second kappa shape index (κ2) is 15.9. The third-order valence-electron chi connectivity index (χ3n) is 3.94. The SMILES string of the molecule is CCCCCCCCCCCCCOC(=O)CCC(=O)OCC(F)(F)F. The Kier molecular flexibility index (Phi) is 15.2. The predicted octanol–water partition coefficient (Wildman–Crippen LogP) is 5.73. The van der Waals surface area contributed by atoms with E-state index in [-0.39, 0.29) is 13.0 Å². The van der Waals surface area contributed by atoms with Gasteiger partial charge in [0.1, 0.15) is 0 Å². The van der Waals surface area contributed by atoms with Gasteiger partial charge in [-0.05, 0) is 6.42 Å². The number of hydrogen-bond donors (Lipinski definition) is 0. The zero-order valence-electron chi connectivity index (χ0n) is 15.9. The molecule has 0 unspecified atom stereocenters. The van der Waals surface area contributed by atoms with E-state index in [1.807, 2.05) is 0 Å². The minimum Gasteiger partial charge on any atom is -0.466 e. The Morgan fingerprint density at radius 2 is 1.12 bits per heavy atom. The summed E-state index contributed by atoms with van der Waals surface area (Å²) in [6.07, 6.45) is 7.93. The standard InChI is InChI=1S/C19H33F3O4/c1-2-3-4-5-6-7-8-9-10-11-12-15-25-17(23)13-14-18(24)26-16-19(20,21)22/h2-16H2,1H3. The van der Waals surface area contributed by atoms with Crippen molar-refractivity contribution in [3.05, 3.63) is 0 Å². The number of rotatable bonds is 16. The van der Waals surface area contributed by atoms with Gasteiger partial charge in [0.15, 0.2) is 6.61 Å². The number of hydrogen-bond acceptors (Lipinski definition) is 4. The van der Waals surface area contributed by atoms with Crippen molar-refractivity contribution in [2.24, 2.45) is 0 Å². The fraction of sp³-hybridized carbons (Fsp3) is 0.895. The molecule has 0 aromatic carbocycles. The van der Waals surface area contributed by atoms with Crippen molar-refractivity contribution in [3.63, 3.8) is 0 Å². The first kappa shape index (κ1) is 24.7.